The van der Waals surface area contributed by atoms with E-state index >= 15 is 0 Å². The Morgan fingerprint density at radius 1 is 1.10 bits per heavy atom. The van der Waals surface area contributed by atoms with Crippen LogP contribution in [0.3, 0.4) is 0 Å². The van der Waals surface area contributed by atoms with Crippen molar-refractivity contribution in [3.05, 3.63) is 0 Å². The van der Waals surface area contributed by atoms with Gasteiger partial charge in [-0.05, 0) is 45.7 Å². The average molecular weight is 297 g/mol. The third-order valence-electron chi connectivity index (χ3n) is 4.99. The summed E-state index contributed by atoms with van der Waals surface area (Å²) in [5, 5.41) is 3.88. The first-order valence-corrected chi connectivity index (χ1v) is 8.74. The molecule has 2 aliphatic rings. The minimum Gasteiger partial charge on any atom is -0.378 e. The summed E-state index contributed by atoms with van der Waals surface area (Å²) in [5.41, 5.74) is 0. The SMILES string of the molecule is CO[C@H]1CN(C(C)C)C[C@@H]1NC1CCN(CC(C)C)CC1. The van der Waals surface area contributed by atoms with E-state index in [1.54, 1.807) is 0 Å². The van der Waals surface area contributed by atoms with Gasteiger partial charge in [-0.25, -0.2) is 0 Å². The molecule has 0 aromatic heterocycles. The molecule has 4 nitrogen and oxygen atoms in total. The fourth-order valence-corrected chi connectivity index (χ4v) is 3.72. The van der Waals surface area contributed by atoms with Crippen molar-refractivity contribution in [3.8, 4) is 0 Å². The van der Waals surface area contributed by atoms with Crippen molar-refractivity contribution in [1.82, 2.24) is 15.1 Å². The molecular weight excluding hydrogens is 262 g/mol. The van der Waals surface area contributed by atoms with Gasteiger partial charge in [-0.3, -0.25) is 4.90 Å². The molecule has 0 bridgehead atoms. The Kier molecular flexibility index (Phi) is 6.48. The summed E-state index contributed by atoms with van der Waals surface area (Å²) in [6.45, 7) is 15.1. The van der Waals surface area contributed by atoms with Crippen LogP contribution in [0.1, 0.15) is 40.5 Å². The van der Waals surface area contributed by atoms with Gasteiger partial charge in [-0.1, -0.05) is 13.8 Å². The maximum absolute atomic E-state index is 5.70. The number of nitrogens with one attached hydrogen (secondary N) is 1. The van der Waals surface area contributed by atoms with Gasteiger partial charge >= 0.3 is 0 Å². The summed E-state index contributed by atoms with van der Waals surface area (Å²) in [5.74, 6) is 0.779. The fourth-order valence-electron chi connectivity index (χ4n) is 3.72. The largest absolute Gasteiger partial charge is 0.378 e. The Bertz CT molecular complexity index is 300. The Balaban J connectivity index is 1.77. The molecule has 4 heteroatoms. The molecule has 0 unspecified atom stereocenters. The molecule has 1 N–H and O–H groups in total. The van der Waals surface area contributed by atoms with Crippen molar-refractivity contribution < 1.29 is 4.74 Å². The van der Waals surface area contributed by atoms with Crippen molar-refractivity contribution in [3.63, 3.8) is 0 Å². The predicted octanol–water partition coefficient (Wildman–Crippen LogP) is 1.80. The molecule has 0 aromatic carbocycles. The predicted molar refractivity (Wildman–Crippen MR) is 88.7 cm³/mol. The third-order valence-corrected chi connectivity index (χ3v) is 4.99. The first kappa shape index (κ1) is 17.2. The second kappa shape index (κ2) is 7.91. The van der Waals surface area contributed by atoms with Gasteiger partial charge in [-0.15, -0.1) is 0 Å². The molecular formula is C17H35N3O. The van der Waals surface area contributed by atoms with E-state index in [-0.39, 0.29) is 0 Å². The highest BCUT2D eigenvalue weighted by atomic mass is 16.5. The zero-order valence-electron chi connectivity index (χ0n) is 14.6. The summed E-state index contributed by atoms with van der Waals surface area (Å²) in [6.07, 6.45) is 2.91. The maximum Gasteiger partial charge on any atom is 0.0863 e. The van der Waals surface area contributed by atoms with E-state index in [9.17, 15) is 0 Å². The van der Waals surface area contributed by atoms with E-state index in [4.69, 9.17) is 4.74 Å². The van der Waals surface area contributed by atoms with Gasteiger partial charge in [0.1, 0.15) is 0 Å². The van der Waals surface area contributed by atoms with Crippen LogP contribution in [0.25, 0.3) is 0 Å². The highest BCUT2D eigenvalue weighted by Crippen LogP contribution is 2.19. The Hall–Kier alpha value is -0.160. The molecule has 2 heterocycles. The molecule has 2 fully saturated rings. The molecule has 0 aliphatic carbocycles. The summed E-state index contributed by atoms with van der Waals surface area (Å²) in [6, 6.07) is 1.78. The quantitative estimate of drug-likeness (QED) is 0.809. The minimum atomic E-state index is 0.348. The van der Waals surface area contributed by atoms with Gasteiger partial charge in [0.25, 0.3) is 0 Å². The molecule has 2 saturated heterocycles. The molecule has 2 rings (SSSR count). The van der Waals surface area contributed by atoms with Crippen molar-refractivity contribution in [2.45, 2.75) is 64.8 Å². The van der Waals surface area contributed by atoms with Gasteiger partial charge < -0.3 is 15.0 Å². The fraction of sp³-hybridized carbons (Fsp3) is 1.00. The first-order valence-electron chi connectivity index (χ1n) is 8.74. The molecule has 0 amide bonds. The lowest BCUT2D eigenvalue weighted by Crippen LogP contribution is -2.50. The summed E-state index contributed by atoms with van der Waals surface area (Å²) < 4.78 is 5.70. The second-order valence-electron chi connectivity index (χ2n) is 7.56. The molecule has 2 atom stereocenters. The van der Waals surface area contributed by atoms with Crippen LogP contribution in [0.5, 0.6) is 0 Å². The molecule has 0 spiro atoms. The summed E-state index contributed by atoms with van der Waals surface area (Å²) >= 11 is 0. The monoisotopic (exact) mass is 297 g/mol. The Labute approximate surface area is 131 Å². The summed E-state index contributed by atoms with van der Waals surface area (Å²) in [4.78, 5) is 5.14. The molecule has 0 aromatic rings. The highest BCUT2D eigenvalue weighted by Gasteiger charge is 2.35. The molecule has 21 heavy (non-hydrogen) atoms. The second-order valence-corrected chi connectivity index (χ2v) is 7.56. The van der Waals surface area contributed by atoms with Gasteiger partial charge in [-0.2, -0.15) is 0 Å². The van der Waals surface area contributed by atoms with Gasteiger partial charge in [0.05, 0.1) is 6.10 Å². The van der Waals surface area contributed by atoms with Crippen LogP contribution in [0.4, 0.5) is 0 Å². The van der Waals surface area contributed by atoms with Crippen LogP contribution in [-0.2, 0) is 4.74 Å². The maximum atomic E-state index is 5.70. The lowest BCUT2D eigenvalue weighted by molar-refractivity contribution is 0.0794. The van der Waals surface area contributed by atoms with Crippen LogP contribution in [0, 0.1) is 5.92 Å². The lowest BCUT2D eigenvalue weighted by Gasteiger charge is -2.35. The number of nitrogens with zero attached hydrogens (tertiary/aromatic N) is 2. The lowest BCUT2D eigenvalue weighted by atomic mass is 10.0. The zero-order chi connectivity index (χ0) is 15.4. The van der Waals surface area contributed by atoms with Crippen LogP contribution in [-0.4, -0.2) is 73.9 Å². The van der Waals surface area contributed by atoms with Crippen LogP contribution in [0.2, 0.25) is 0 Å². The van der Waals surface area contributed by atoms with Crippen molar-refractivity contribution >= 4 is 0 Å². The normalized spacial score (nSPS) is 29.9. The van der Waals surface area contributed by atoms with E-state index in [1.165, 1.54) is 32.5 Å². The molecule has 124 valence electrons. The number of rotatable bonds is 6. The van der Waals surface area contributed by atoms with Crippen LogP contribution in [0.15, 0.2) is 0 Å². The zero-order valence-corrected chi connectivity index (χ0v) is 14.6. The highest BCUT2D eigenvalue weighted by molar-refractivity contribution is 4.94. The van der Waals surface area contributed by atoms with Gasteiger partial charge in [0.15, 0.2) is 0 Å². The molecule has 2 aliphatic heterocycles. The van der Waals surface area contributed by atoms with E-state index < -0.39 is 0 Å². The number of piperidine rings is 1. The average Bonchev–Trinajstić information content (AvgIpc) is 2.83. The smallest absolute Gasteiger partial charge is 0.0863 e. The van der Waals surface area contributed by atoms with Crippen molar-refractivity contribution in [2.24, 2.45) is 5.92 Å². The van der Waals surface area contributed by atoms with Gasteiger partial charge in [0, 0.05) is 44.9 Å². The third kappa shape index (κ3) is 4.92. The van der Waals surface area contributed by atoms with Gasteiger partial charge in [0.2, 0.25) is 0 Å². The Morgan fingerprint density at radius 2 is 1.76 bits per heavy atom. The number of likely N-dealkylation sites (tertiary alicyclic amines) is 2. The first-order chi connectivity index (χ1) is 9.99. The van der Waals surface area contributed by atoms with E-state index in [1.807, 2.05) is 7.11 Å². The molecule has 0 radical (unpaired) electrons. The Morgan fingerprint density at radius 3 is 2.29 bits per heavy atom. The van der Waals surface area contributed by atoms with Crippen LogP contribution >= 0.6 is 0 Å². The van der Waals surface area contributed by atoms with Crippen LogP contribution < -0.4 is 5.32 Å². The van der Waals surface area contributed by atoms with E-state index in [0.29, 0.717) is 24.2 Å². The standard InChI is InChI=1S/C17H35N3O/c1-13(2)10-19-8-6-15(7-9-19)18-16-11-20(14(3)4)12-17(16)21-5/h13-18H,6-12H2,1-5H3/t16-,17-/m0/s1. The van der Waals surface area contributed by atoms with E-state index in [2.05, 4.69) is 42.8 Å². The number of ether oxygens (including phenoxy) is 1. The molecule has 0 saturated carbocycles. The van der Waals surface area contributed by atoms with Crippen molar-refractivity contribution in [1.29, 1.82) is 0 Å². The number of hydrogen-bond donors (Lipinski definition) is 1. The topological polar surface area (TPSA) is 27.7 Å². The van der Waals surface area contributed by atoms with Crippen molar-refractivity contribution in [2.75, 3.05) is 39.8 Å². The minimum absolute atomic E-state index is 0.348. The number of methoxy groups -OCH3 is 1. The van der Waals surface area contributed by atoms with E-state index in [0.717, 1.165) is 19.0 Å². The summed E-state index contributed by atoms with van der Waals surface area (Å²) in [7, 11) is 1.86. The number of hydrogen-bond acceptors (Lipinski definition) is 4.